The summed E-state index contributed by atoms with van der Waals surface area (Å²) in [6.45, 7) is 5.32. The van der Waals surface area contributed by atoms with Crippen molar-refractivity contribution >= 4 is 36.4 Å². The number of hydrogen-bond acceptors (Lipinski definition) is 4. The molecule has 1 aromatic rings. The van der Waals surface area contributed by atoms with E-state index in [1.54, 1.807) is 13.2 Å². The maximum atomic E-state index is 6.11. The Morgan fingerprint density at radius 3 is 2.45 bits per heavy atom. The van der Waals surface area contributed by atoms with Gasteiger partial charge in [0.2, 0.25) is 0 Å². The van der Waals surface area contributed by atoms with Gasteiger partial charge in [0, 0.05) is 23.2 Å². The topological polar surface area (TPSA) is 33.7 Å². The quantitative estimate of drug-likeness (QED) is 0.670. The smallest absolute Gasteiger partial charge is 0.165 e. The lowest BCUT2D eigenvalue weighted by Gasteiger charge is -2.16. The molecule has 0 heterocycles. The number of hydrogen-bond donors (Lipinski definition) is 1. The van der Waals surface area contributed by atoms with E-state index in [4.69, 9.17) is 21.1 Å². The van der Waals surface area contributed by atoms with Gasteiger partial charge in [-0.1, -0.05) is 11.6 Å². The number of halogens is 3. The number of benzene rings is 1. The van der Waals surface area contributed by atoms with Crippen LogP contribution in [0.1, 0.15) is 18.9 Å². The molecule has 1 aromatic carbocycles. The lowest BCUT2D eigenvalue weighted by atomic mass is 10.1. The molecule has 0 aliphatic rings. The zero-order valence-corrected chi connectivity index (χ0v) is 16.0. The molecule has 4 nitrogen and oxygen atoms in total. The Morgan fingerprint density at radius 1 is 1.23 bits per heavy atom. The van der Waals surface area contributed by atoms with Gasteiger partial charge in [-0.15, -0.1) is 24.8 Å². The van der Waals surface area contributed by atoms with E-state index in [0.29, 0.717) is 17.4 Å². The molecule has 0 bridgehead atoms. The van der Waals surface area contributed by atoms with Gasteiger partial charge in [0.05, 0.1) is 13.7 Å². The molecule has 0 saturated carbocycles. The maximum absolute atomic E-state index is 6.11. The average Bonchev–Trinajstić information content (AvgIpc) is 2.40. The lowest BCUT2D eigenvalue weighted by Crippen LogP contribution is -2.21. The first-order valence-corrected chi connectivity index (χ1v) is 7.31. The number of ether oxygens (including phenoxy) is 2. The van der Waals surface area contributed by atoms with Crippen LogP contribution in [0, 0.1) is 0 Å². The summed E-state index contributed by atoms with van der Waals surface area (Å²) in [5.74, 6) is 1.46. The van der Waals surface area contributed by atoms with Crippen molar-refractivity contribution in [2.24, 2.45) is 0 Å². The molecule has 22 heavy (non-hydrogen) atoms. The van der Waals surface area contributed by atoms with Gasteiger partial charge in [-0.2, -0.15) is 0 Å². The van der Waals surface area contributed by atoms with Crippen LogP contribution in [0.25, 0.3) is 0 Å². The van der Waals surface area contributed by atoms with Crippen molar-refractivity contribution in [1.82, 2.24) is 10.2 Å². The predicted molar refractivity (Wildman–Crippen MR) is 98.5 cm³/mol. The highest BCUT2D eigenvalue weighted by Crippen LogP contribution is 2.34. The molecule has 130 valence electrons. The van der Waals surface area contributed by atoms with Gasteiger partial charge in [-0.3, -0.25) is 0 Å². The third-order valence-corrected chi connectivity index (χ3v) is 3.10. The van der Waals surface area contributed by atoms with Crippen molar-refractivity contribution in [1.29, 1.82) is 0 Å². The average molecular weight is 374 g/mol. The van der Waals surface area contributed by atoms with Crippen LogP contribution in [-0.2, 0) is 6.54 Å². The van der Waals surface area contributed by atoms with E-state index in [1.165, 1.54) is 0 Å². The van der Waals surface area contributed by atoms with Crippen molar-refractivity contribution < 1.29 is 9.47 Å². The molecular formula is C15H27Cl3N2O2. The normalized spacial score (nSPS) is 9.91. The fourth-order valence-corrected chi connectivity index (χ4v) is 2.19. The number of rotatable bonds is 9. The summed E-state index contributed by atoms with van der Waals surface area (Å²) in [6, 6.07) is 3.70. The first-order valence-electron chi connectivity index (χ1n) is 6.93. The van der Waals surface area contributed by atoms with E-state index in [1.807, 2.05) is 13.0 Å². The minimum absolute atomic E-state index is 0. The minimum Gasteiger partial charge on any atom is -0.493 e. The Hall–Kier alpha value is -0.390. The molecule has 0 spiro atoms. The van der Waals surface area contributed by atoms with Gasteiger partial charge in [0.25, 0.3) is 0 Å². The second kappa shape index (κ2) is 13.1. The first-order chi connectivity index (χ1) is 9.58. The first kappa shape index (κ1) is 23.9. The molecule has 7 heteroatoms. The lowest BCUT2D eigenvalue weighted by molar-refractivity contribution is 0.306. The molecular weight excluding hydrogens is 347 g/mol. The number of methoxy groups -OCH3 is 1. The molecule has 0 fully saturated rings. The van der Waals surface area contributed by atoms with Gasteiger partial charge in [0.15, 0.2) is 11.5 Å². The molecule has 1 N–H and O–H groups in total. The van der Waals surface area contributed by atoms with E-state index < -0.39 is 0 Å². The van der Waals surface area contributed by atoms with Crippen LogP contribution in [0.5, 0.6) is 11.5 Å². The summed E-state index contributed by atoms with van der Waals surface area (Å²) in [5.41, 5.74) is 1.03. The second-order valence-corrected chi connectivity index (χ2v) is 5.30. The van der Waals surface area contributed by atoms with Crippen LogP contribution < -0.4 is 14.8 Å². The summed E-state index contributed by atoms with van der Waals surface area (Å²) < 4.78 is 11.0. The minimum atomic E-state index is 0. The summed E-state index contributed by atoms with van der Waals surface area (Å²) in [6.07, 6.45) is 1.11. The van der Waals surface area contributed by atoms with Crippen molar-refractivity contribution in [3.05, 3.63) is 22.7 Å². The van der Waals surface area contributed by atoms with Crippen LogP contribution in [0.4, 0.5) is 0 Å². The van der Waals surface area contributed by atoms with Crippen LogP contribution >= 0.6 is 36.4 Å². The molecule has 0 aliphatic carbocycles. The van der Waals surface area contributed by atoms with Crippen molar-refractivity contribution in [3.8, 4) is 11.5 Å². The third kappa shape index (κ3) is 8.30. The Morgan fingerprint density at radius 2 is 1.91 bits per heavy atom. The zero-order chi connectivity index (χ0) is 15.0. The molecule has 1 rings (SSSR count). The van der Waals surface area contributed by atoms with Crippen molar-refractivity contribution in [2.75, 3.05) is 40.9 Å². The Balaban J connectivity index is 0. The fourth-order valence-electron chi connectivity index (χ4n) is 1.96. The number of nitrogens with one attached hydrogen (secondary N) is 1. The van der Waals surface area contributed by atoms with Gasteiger partial charge in [0.1, 0.15) is 0 Å². The van der Waals surface area contributed by atoms with Gasteiger partial charge in [-0.25, -0.2) is 0 Å². The Bertz CT molecular complexity index is 418. The highest BCUT2D eigenvalue weighted by Gasteiger charge is 2.12. The van der Waals surface area contributed by atoms with Crippen LogP contribution in [0.15, 0.2) is 12.1 Å². The van der Waals surface area contributed by atoms with Crippen LogP contribution in [-0.4, -0.2) is 45.8 Å². The summed E-state index contributed by atoms with van der Waals surface area (Å²) in [7, 11) is 5.78. The van der Waals surface area contributed by atoms with Crippen molar-refractivity contribution in [3.63, 3.8) is 0 Å². The standard InChI is InChI=1S/C15H25ClN2O2.2ClH/c1-5-20-15-12(9-13(16)10-14(15)19-4)11-17-7-6-8-18(2)3;;/h9-10,17H,5-8,11H2,1-4H3;2*1H. The van der Waals surface area contributed by atoms with Gasteiger partial charge < -0.3 is 19.7 Å². The predicted octanol–water partition coefficient (Wildman–Crippen LogP) is 3.63. The molecule has 0 aliphatic heterocycles. The SMILES string of the molecule is CCOc1c(CNCCCN(C)C)cc(Cl)cc1OC.Cl.Cl. The Labute approximate surface area is 151 Å². The highest BCUT2D eigenvalue weighted by atomic mass is 35.5. The highest BCUT2D eigenvalue weighted by molar-refractivity contribution is 6.30. The van der Waals surface area contributed by atoms with Crippen molar-refractivity contribution in [2.45, 2.75) is 19.9 Å². The van der Waals surface area contributed by atoms with E-state index in [2.05, 4.69) is 24.3 Å². The van der Waals surface area contributed by atoms with Gasteiger partial charge in [-0.05, 0) is 46.6 Å². The molecule has 0 saturated heterocycles. The van der Waals surface area contributed by atoms with E-state index >= 15 is 0 Å². The summed E-state index contributed by atoms with van der Waals surface area (Å²) in [4.78, 5) is 2.18. The Kier molecular flexibility index (Phi) is 14.2. The monoisotopic (exact) mass is 372 g/mol. The third-order valence-electron chi connectivity index (χ3n) is 2.88. The molecule has 0 unspecified atom stereocenters. The largest absolute Gasteiger partial charge is 0.493 e. The molecule has 0 radical (unpaired) electrons. The molecule has 0 amide bonds. The summed E-state index contributed by atoms with van der Waals surface area (Å²) >= 11 is 6.11. The van der Waals surface area contributed by atoms with Crippen LogP contribution in [0.3, 0.4) is 0 Å². The van der Waals surface area contributed by atoms with E-state index in [-0.39, 0.29) is 24.8 Å². The fraction of sp³-hybridized carbons (Fsp3) is 0.600. The van der Waals surface area contributed by atoms with Crippen LogP contribution in [0.2, 0.25) is 5.02 Å². The second-order valence-electron chi connectivity index (χ2n) is 4.86. The van der Waals surface area contributed by atoms with Gasteiger partial charge >= 0.3 is 0 Å². The van der Waals surface area contributed by atoms with E-state index in [0.717, 1.165) is 37.4 Å². The zero-order valence-electron chi connectivity index (χ0n) is 13.6. The van der Waals surface area contributed by atoms with E-state index in [9.17, 15) is 0 Å². The number of nitrogens with zero attached hydrogens (tertiary/aromatic N) is 1. The maximum Gasteiger partial charge on any atom is 0.165 e. The molecule has 0 aromatic heterocycles. The summed E-state index contributed by atoms with van der Waals surface area (Å²) in [5, 5.41) is 4.08. The molecule has 0 atom stereocenters.